The van der Waals surface area contributed by atoms with Gasteiger partial charge in [-0.3, -0.25) is 0 Å². The molecule has 84 valence electrons. The highest BCUT2D eigenvalue weighted by Gasteiger charge is 2.40. The molecule has 0 bridgehead atoms. The summed E-state index contributed by atoms with van der Waals surface area (Å²) in [6, 6.07) is 5.63. The second-order valence-corrected chi connectivity index (χ2v) is 4.89. The van der Waals surface area contributed by atoms with Crippen LogP contribution >= 0.6 is 12.3 Å². The van der Waals surface area contributed by atoms with Crippen LogP contribution in [0.4, 0.5) is 3.89 Å². The fraction of sp³-hybridized carbons (Fsp3) is 0.364. The largest absolute Gasteiger partial charge is 0.488 e. The van der Waals surface area contributed by atoms with Gasteiger partial charge in [-0.1, -0.05) is 0 Å². The van der Waals surface area contributed by atoms with Gasteiger partial charge in [0.25, 0.3) is 0 Å². The van der Waals surface area contributed by atoms with Crippen molar-refractivity contribution >= 4 is 23.2 Å². The Morgan fingerprint density at radius 2 is 2.31 bits per heavy atom. The van der Waals surface area contributed by atoms with E-state index in [4.69, 9.17) is 4.74 Å². The van der Waals surface area contributed by atoms with Crippen molar-refractivity contribution in [2.75, 3.05) is 0 Å². The predicted octanol–water partition coefficient (Wildman–Crippen LogP) is 3.35. The van der Waals surface area contributed by atoms with Gasteiger partial charge in [-0.05, 0) is 38.0 Å². The maximum absolute atomic E-state index is 12.3. The molecule has 1 saturated carbocycles. The van der Waals surface area contributed by atoms with Crippen molar-refractivity contribution in [2.24, 2.45) is 0 Å². The van der Waals surface area contributed by atoms with Crippen molar-refractivity contribution in [3.05, 3.63) is 24.4 Å². The average Bonchev–Trinajstić information content (AvgIpc) is 2.85. The molecule has 1 aliphatic carbocycles. The van der Waals surface area contributed by atoms with Crippen LogP contribution in [0.25, 0.3) is 10.9 Å². The van der Waals surface area contributed by atoms with E-state index >= 15 is 0 Å². The quantitative estimate of drug-likeness (QED) is 0.820. The lowest BCUT2D eigenvalue weighted by Crippen LogP contribution is -2.11. The molecule has 0 radical (unpaired) electrons. The van der Waals surface area contributed by atoms with Gasteiger partial charge in [0.05, 0.1) is 5.52 Å². The molecule has 0 amide bonds. The van der Waals surface area contributed by atoms with E-state index in [0.717, 1.165) is 29.5 Å². The van der Waals surface area contributed by atoms with Gasteiger partial charge < -0.3 is 4.74 Å². The topological polar surface area (TPSA) is 27.1 Å². The predicted molar refractivity (Wildman–Crippen MR) is 62.1 cm³/mol. The highest BCUT2D eigenvalue weighted by Crippen LogP contribution is 2.40. The number of rotatable bonds is 3. The van der Waals surface area contributed by atoms with Gasteiger partial charge in [0.1, 0.15) is 11.4 Å². The molecule has 3 nitrogen and oxygen atoms in total. The third-order valence-corrected chi connectivity index (χ3v) is 3.17. The number of fused-ring (bicyclic) bond motifs is 1. The summed E-state index contributed by atoms with van der Waals surface area (Å²) >= 11 is 0.0906. The van der Waals surface area contributed by atoms with Gasteiger partial charge >= 0.3 is 0 Å². The summed E-state index contributed by atoms with van der Waals surface area (Å²) in [5.41, 5.74) is 0.789. The van der Waals surface area contributed by atoms with Crippen LogP contribution in [0.5, 0.6) is 5.75 Å². The molecule has 1 fully saturated rings. The van der Waals surface area contributed by atoms with Crippen molar-refractivity contribution in [1.82, 2.24) is 9.19 Å². The monoisotopic (exact) mass is 238 g/mol. The Balaban J connectivity index is 1.95. The molecular formula is C11H11FN2OS. The van der Waals surface area contributed by atoms with E-state index in [9.17, 15) is 3.89 Å². The molecule has 0 aliphatic heterocycles. The zero-order chi connectivity index (χ0) is 11.2. The molecule has 1 heterocycles. The third kappa shape index (κ3) is 1.75. The minimum absolute atomic E-state index is 0.0124. The van der Waals surface area contributed by atoms with Crippen molar-refractivity contribution in [3.63, 3.8) is 0 Å². The zero-order valence-electron chi connectivity index (χ0n) is 8.81. The molecule has 0 spiro atoms. The number of hydrogen-bond donors (Lipinski definition) is 0. The number of halogens is 1. The van der Waals surface area contributed by atoms with Crippen LogP contribution in [-0.4, -0.2) is 14.8 Å². The second kappa shape index (κ2) is 3.38. The molecule has 2 aromatic rings. The van der Waals surface area contributed by atoms with E-state index in [1.165, 1.54) is 4.09 Å². The standard InChI is InChI=1S/C11H11FN2OS/c1-11(4-5-11)15-9-2-3-10-8(6-9)7-14(13-10)16-12/h2-3,6-7H,4-5H2,1H3. The number of benzene rings is 1. The van der Waals surface area contributed by atoms with Crippen molar-refractivity contribution in [3.8, 4) is 5.75 Å². The highest BCUT2D eigenvalue weighted by molar-refractivity contribution is 7.92. The van der Waals surface area contributed by atoms with Crippen LogP contribution in [0.2, 0.25) is 0 Å². The summed E-state index contributed by atoms with van der Waals surface area (Å²) in [6.45, 7) is 2.10. The Morgan fingerprint density at radius 1 is 1.50 bits per heavy atom. The normalized spacial score (nSPS) is 17.6. The number of aromatic nitrogens is 2. The van der Waals surface area contributed by atoms with Gasteiger partial charge in [0, 0.05) is 11.6 Å². The Bertz CT molecular complexity index is 536. The Kier molecular flexibility index (Phi) is 2.10. The van der Waals surface area contributed by atoms with Crippen LogP contribution in [0, 0.1) is 0 Å². The Labute approximate surface area is 97.0 Å². The fourth-order valence-electron chi connectivity index (χ4n) is 1.64. The van der Waals surface area contributed by atoms with Crippen molar-refractivity contribution < 1.29 is 8.62 Å². The van der Waals surface area contributed by atoms with Crippen molar-refractivity contribution in [1.29, 1.82) is 0 Å². The van der Waals surface area contributed by atoms with E-state index in [-0.39, 0.29) is 17.9 Å². The van der Waals surface area contributed by atoms with Crippen LogP contribution in [-0.2, 0) is 0 Å². The summed E-state index contributed by atoms with van der Waals surface area (Å²) in [7, 11) is 0. The summed E-state index contributed by atoms with van der Waals surface area (Å²) < 4.78 is 19.4. The fourth-order valence-corrected chi connectivity index (χ4v) is 1.91. The molecule has 1 aliphatic rings. The maximum atomic E-state index is 12.3. The third-order valence-electron chi connectivity index (χ3n) is 2.84. The summed E-state index contributed by atoms with van der Waals surface area (Å²) in [6.07, 6.45) is 3.86. The van der Waals surface area contributed by atoms with E-state index in [2.05, 4.69) is 12.0 Å². The molecule has 0 saturated heterocycles. The SMILES string of the molecule is CC1(Oc2ccc3nn(SF)cc3c2)CC1. The average molecular weight is 238 g/mol. The van der Waals surface area contributed by atoms with Crippen molar-refractivity contribution in [2.45, 2.75) is 25.4 Å². The van der Waals surface area contributed by atoms with Crippen LogP contribution in [0.15, 0.2) is 24.4 Å². The zero-order valence-corrected chi connectivity index (χ0v) is 9.63. The maximum Gasteiger partial charge on any atom is 0.187 e. The lowest BCUT2D eigenvalue weighted by Gasteiger charge is -2.12. The van der Waals surface area contributed by atoms with E-state index < -0.39 is 0 Å². The molecule has 0 N–H and O–H groups in total. The lowest BCUT2D eigenvalue weighted by atomic mass is 10.2. The van der Waals surface area contributed by atoms with E-state index in [1.54, 1.807) is 6.20 Å². The molecule has 0 atom stereocenters. The van der Waals surface area contributed by atoms with Crippen LogP contribution < -0.4 is 4.74 Å². The molecular weight excluding hydrogens is 227 g/mol. The van der Waals surface area contributed by atoms with E-state index in [0.29, 0.717) is 0 Å². The van der Waals surface area contributed by atoms with Gasteiger partial charge in [-0.2, -0.15) is 9.19 Å². The van der Waals surface area contributed by atoms with Gasteiger partial charge in [0.2, 0.25) is 0 Å². The Hall–Kier alpha value is -1.23. The number of ether oxygens (including phenoxy) is 1. The van der Waals surface area contributed by atoms with Crippen LogP contribution in [0.1, 0.15) is 19.8 Å². The molecule has 5 heteroatoms. The highest BCUT2D eigenvalue weighted by atomic mass is 32.2. The molecule has 0 unspecified atom stereocenters. The Morgan fingerprint density at radius 3 is 3.00 bits per heavy atom. The minimum atomic E-state index is 0.0124. The van der Waals surface area contributed by atoms with Gasteiger partial charge in [0.15, 0.2) is 12.3 Å². The summed E-state index contributed by atoms with van der Waals surface area (Å²) in [5, 5.41) is 4.93. The number of nitrogens with zero attached hydrogens (tertiary/aromatic N) is 2. The summed E-state index contributed by atoms with van der Waals surface area (Å²) in [4.78, 5) is 0. The molecule has 1 aromatic heterocycles. The second-order valence-electron chi connectivity index (χ2n) is 4.37. The lowest BCUT2D eigenvalue weighted by molar-refractivity contribution is 0.200. The smallest absolute Gasteiger partial charge is 0.187 e. The minimum Gasteiger partial charge on any atom is -0.488 e. The molecule has 1 aromatic carbocycles. The first-order valence-corrected chi connectivity index (χ1v) is 5.83. The van der Waals surface area contributed by atoms with E-state index in [1.807, 2.05) is 18.2 Å². The first kappa shape index (κ1) is 9.96. The number of hydrogen-bond acceptors (Lipinski definition) is 3. The summed E-state index contributed by atoms with van der Waals surface area (Å²) in [5.74, 6) is 0.830. The van der Waals surface area contributed by atoms with Gasteiger partial charge in [-0.25, -0.2) is 0 Å². The molecule has 16 heavy (non-hydrogen) atoms. The van der Waals surface area contributed by atoms with Crippen LogP contribution in [0.3, 0.4) is 0 Å². The first-order valence-electron chi connectivity index (χ1n) is 5.16. The molecule has 3 rings (SSSR count). The first-order chi connectivity index (χ1) is 7.68. The van der Waals surface area contributed by atoms with Gasteiger partial charge in [-0.15, -0.1) is 3.89 Å².